The fourth-order valence-electron chi connectivity index (χ4n) is 1.70. The van der Waals surface area contributed by atoms with Crippen molar-refractivity contribution in [3.8, 4) is 5.75 Å². The van der Waals surface area contributed by atoms with Crippen molar-refractivity contribution in [3.63, 3.8) is 0 Å². The number of halogens is 1. The lowest BCUT2D eigenvalue weighted by molar-refractivity contribution is -0.135. The minimum absolute atomic E-state index is 0.364. The number of benzene rings is 1. The number of hydrogen-bond donors (Lipinski definition) is 0. The van der Waals surface area contributed by atoms with Crippen molar-refractivity contribution in [3.05, 3.63) is 58.3 Å². The summed E-state index contributed by atoms with van der Waals surface area (Å²) in [7, 11) is 4.37. The van der Waals surface area contributed by atoms with Crippen molar-refractivity contribution in [2.24, 2.45) is 0 Å². The zero-order chi connectivity index (χ0) is 16.5. The van der Waals surface area contributed by atoms with Crippen molar-refractivity contribution in [1.82, 2.24) is 0 Å². The summed E-state index contributed by atoms with van der Waals surface area (Å²) in [5.74, 6) is 0.163. The van der Waals surface area contributed by atoms with Crippen LogP contribution in [0.3, 0.4) is 0 Å². The molecule has 1 aromatic carbocycles. The van der Waals surface area contributed by atoms with Crippen LogP contribution in [0.2, 0.25) is 5.02 Å². The molecular weight excluding hydrogens is 304 g/mol. The molecule has 4 nitrogen and oxygen atoms in total. The Morgan fingerprint density at radius 3 is 2.55 bits per heavy atom. The van der Waals surface area contributed by atoms with Gasteiger partial charge in [0.15, 0.2) is 0 Å². The number of esters is 1. The van der Waals surface area contributed by atoms with Gasteiger partial charge >= 0.3 is 5.97 Å². The van der Waals surface area contributed by atoms with E-state index in [4.69, 9.17) is 25.8 Å². The molecule has 0 aliphatic rings. The van der Waals surface area contributed by atoms with Gasteiger partial charge in [-0.25, -0.2) is 4.79 Å². The zero-order valence-corrected chi connectivity index (χ0v) is 13.8. The summed E-state index contributed by atoms with van der Waals surface area (Å²) in [6, 6.07) is 5.46. The van der Waals surface area contributed by atoms with E-state index in [2.05, 4.69) is 0 Å². The van der Waals surface area contributed by atoms with E-state index in [9.17, 15) is 4.79 Å². The van der Waals surface area contributed by atoms with E-state index in [0.717, 1.165) is 11.1 Å². The first kappa shape index (κ1) is 17.9. The molecule has 0 saturated heterocycles. The molecule has 0 bridgehead atoms. The molecule has 0 spiro atoms. The molecule has 22 heavy (non-hydrogen) atoms. The van der Waals surface area contributed by atoms with Crippen LogP contribution >= 0.6 is 11.6 Å². The van der Waals surface area contributed by atoms with Crippen molar-refractivity contribution < 1.29 is 19.0 Å². The van der Waals surface area contributed by atoms with Crippen molar-refractivity contribution in [2.75, 3.05) is 21.3 Å². The van der Waals surface area contributed by atoms with Gasteiger partial charge in [0.05, 0.1) is 38.2 Å². The van der Waals surface area contributed by atoms with E-state index in [1.165, 1.54) is 20.5 Å². The number of allylic oxidation sites excluding steroid dienone is 2. The van der Waals surface area contributed by atoms with E-state index in [1.807, 2.05) is 24.3 Å². The Morgan fingerprint density at radius 1 is 1.23 bits per heavy atom. The van der Waals surface area contributed by atoms with Gasteiger partial charge in [0.25, 0.3) is 0 Å². The van der Waals surface area contributed by atoms with Gasteiger partial charge in [-0.05, 0) is 30.2 Å². The Labute approximate surface area is 135 Å². The van der Waals surface area contributed by atoms with Gasteiger partial charge in [-0.2, -0.15) is 0 Å². The molecule has 0 aliphatic heterocycles. The second-order valence-electron chi connectivity index (χ2n) is 4.36. The SMILES string of the molecule is CO\C=C(C(=O)OC)/C(C)=C/C=C/c1ccc(Cl)c(OC)c1. The number of ether oxygens (including phenoxy) is 3. The summed E-state index contributed by atoms with van der Waals surface area (Å²) >= 11 is 5.97. The average Bonchev–Trinajstić information content (AvgIpc) is 2.53. The molecule has 0 unspecified atom stereocenters. The molecule has 0 saturated carbocycles. The maximum absolute atomic E-state index is 11.6. The second-order valence-corrected chi connectivity index (χ2v) is 4.77. The van der Waals surface area contributed by atoms with Gasteiger partial charge in [0.2, 0.25) is 0 Å². The monoisotopic (exact) mass is 322 g/mol. The summed E-state index contributed by atoms with van der Waals surface area (Å²) in [5.41, 5.74) is 2.02. The van der Waals surface area contributed by atoms with Crippen LogP contribution in [0.1, 0.15) is 12.5 Å². The van der Waals surface area contributed by atoms with Gasteiger partial charge in [-0.1, -0.05) is 35.9 Å². The first-order chi connectivity index (χ1) is 10.5. The van der Waals surface area contributed by atoms with Crippen molar-refractivity contribution in [1.29, 1.82) is 0 Å². The molecule has 118 valence electrons. The van der Waals surface area contributed by atoms with E-state index in [0.29, 0.717) is 16.3 Å². The van der Waals surface area contributed by atoms with Gasteiger partial charge in [-0.3, -0.25) is 0 Å². The molecule has 0 aliphatic carbocycles. The standard InChI is InChI=1S/C17H19ClO4/c1-12(14(11-20-2)17(19)22-4)6-5-7-13-8-9-15(18)16(10-13)21-3/h5-11H,1-4H3/b7-5+,12-6+,14-11+. The first-order valence-corrected chi connectivity index (χ1v) is 6.91. The number of rotatable bonds is 6. The predicted molar refractivity (Wildman–Crippen MR) is 87.9 cm³/mol. The number of methoxy groups -OCH3 is 3. The van der Waals surface area contributed by atoms with Crippen molar-refractivity contribution in [2.45, 2.75) is 6.92 Å². The summed E-state index contributed by atoms with van der Waals surface area (Å²) < 4.78 is 14.8. The van der Waals surface area contributed by atoms with E-state index < -0.39 is 5.97 Å². The Hall–Kier alpha value is -2.20. The maximum atomic E-state index is 11.6. The van der Waals surface area contributed by atoms with Crippen LogP contribution in [0, 0.1) is 0 Å². The van der Waals surface area contributed by atoms with Crippen LogP contribution < -0.4 is 4.74 Å². The minimum atomic E-state index is -0.447. The number of hydrogen-bond acceptors (Lipinski definition) is 4. The fourth-order valence-corrected chi connectivity index (χ4v) is 1.90. The predicted octanol–water partition coefficient (Wildman–Crippen LogP) is 4.01. The summed E-state index contributed by atoms with van der Waals surface area (Å²) in [5, 5.41) is 0.558. The quantitative estimate of drug-likeness (QED) is 0.343. The van der Waals surface area contributed by atoms with Crippen LogP contribution in [0.5, 0.6) is 5.75 Å². The molecule has 0 N–H and O–H groups in total. The van der Waals surface area contributed by atoms with Crippen LogP contribution in [0.15, 0.2) is 47.8 Å². The molecule has 0 atom stereocenters. The molecule has 0 radical (unpaired) electrons. The molecule has 0 heterocycles. The molecule has 0 fully saturated rings. The van der Waals surface area contributed by atoms with Gasteiger partial charge in [0, 0.05) is 0 Å². The molecule has 1 rings (SSSR count). The highest BCUT2D eigenvalue weighted by Crippen LogP contribution is 2.25. The van der Waals surface area contributed by atoms with Gasteiger partial charge < -0.3 is 14.2 Å². The lowest BCUT2D eigenvalue weighted by Crippen LogP contribution is -2.06. The molecule has 0 amide bonds. The van der Waals surface area contributed by atoms with E-state index in [-0.39, 0.29) is 0 Å². The van der Waals surface area contributed by atoms with Crippen LogP contribution in [0.25, 0.3) is 6.08 Å². The lowest BCUT2D eigenvalue weighted by Gasteiger charge is -2.05. The summed E-state index contributed by atoms with van der Waals surface area (Å²) in [6.45, 7) is 1.80. The Morgan fingerprint density at radius 2 is 1.95 bits per heavy atom. The fraction of sp³-hybridized carbons (Fsp3) is 0.235. The van der Waals surface area contributed by atoms with Crippen LogP contribution in [-0.4, -0.2) is 27.3 Å². The smallest absolute Gasteiger partial charge is 0.341 e. The average molecular weight is 323 g/mol. The van der Waals surface area contributed by atoms with E-state index >= 15 is 0 Å². The first-order valence-electron chi connectivity index (χ1n) is 6.53. The third kappa shape index (κ3) is 4.97. The Bertz CT molecular complexity index is 615. The third-order valence-corrected chi connectivity index (χ3v) is 3.19. The molecular formula is C17H19ClO4. The summed E-state index contributed by atoms with van der Waals surface area (Å²) in [4.78, 5) is 11.6. The number of carbonyl (C=O) groups is 1. The van der Waals surface area contributed by atoms with E-state index in [1.54, 1.807) is 26.2 Å². The Kier molecular flexibility index (Phi) is 7.26. The van der Waals surface area contributed by atoms with Gasteiger partial charge in [0.1, 0.15) is 5.75 Å². The largest absolute Gasteiger partial charge is 0.503 e. The van der Waals surface area contributed by atoms with Crippen LogP contribution in [0.4, 0.5) is 0 Å². The lowest BCUT2D eigenvalue weighted by atomic mass is 10.1. The maximum Gasteiger partial charge on any atom is 0.341 e. The zero-order valence-electron chi connectivity index (χ0n) is 13.1. The second kappa shape index (κ2) is 8.95. The highest BCUT2D eigenvalue weighted by molar-refractivity contribution is 6.32. The molecule has 1 aromatic rings. The van der Waals surface area contributed by atoms with Crippen LogP contribution in [-0.2, 0) is 14.3 Å². The third-order valence-electron chi connectivity index (χ3n) is 2.88. The van der Waals surface area contributed by atoms with Gasteiger partial charge in [-0.15, -0.1) is 0 Å². The highest BCUT2D eigenvalue weighted by Gasteiger charge is 2.11. The summed E-state index contributed by atoms with van der Waals surface area (Å²) in [6.07, 6.45) is 6.86. The number of carbonyl (C=O) groups excluding carboxylic acids is 1. The minimum Gasteiger partial charge on any atom is -0.503 e. The Balaban J connectivity index is 2.94. The molecule has 0 aromatic heterocycles. The van der Waals surface area contributed by atoms with Crippen molar-refractivity contribution >= 4 is 23.6 Å². The topological polar surface area (TPSA) is 44.8 Å². The normalized spacial score (nSPS) is 12.4. The highest BCUT2D eigenvalue weighted by atomic mass is 35.5. The molecule has 5 heteroatoms.